The standard InChI is InChI=1S/C27H32N2O5S/c1-21(2)34-25-13-11-22(12-14-25)8-7-19-28-27(30)20-29(23-9-5-4-6-10-23)35(31,32)26-17-15-24(33-3)16-18-26/h4-6,9-18,21H,7-8,19-20H2,1-3H3,(H,28,30). The average molecular weight is 497 g/mol. The molecular weight excluding hydrogens is 464 g/mol. The van der Waals surface area contributed by atoms with E-state index in [1.54, 1.807) is 42.5 Å². The molecule has 3 rings (SSSR count). The summed E-state index contributed by atoms with van der Waals surface area (Å²) < 4.78 is 38.6. The molecule has 8 heteroatoms. The van der Waals surface area contributed by atoms with Crippen molar-refractivity contribution in [3.05, 3.63) is 84.4 Å². The van der Waals surface area contributed by atoms with E-state index in [-0.39, 0.29) is 23.5 Å². The Morgan fingerprint density at radius 1 is 0.914 bits per heavy atom. The van der Waals surface area contributed by atoms with Crippen molar-refractivity contribution in [3.8, 4) is 11.5 Å². The number of carbonyl (C=O) groups is 1. The van der Waals surface area contributed by atoms with Gasteiger partial charge in [-0.15, -0.1) is 0 Å². The largest absolute Gasteiger partial charge is 0.497 e. The van der Waals surface area contributed by atoms with E-state index in [2.05, 4.69) is 5.32 Å². The molecule has 0 spiro atoms. The van der Waals surface area contributed by atoms with E-state index >= 15 is 0 Å². The fourth-order valence-corrected chi connectivity index (χ4v) is 4.92. The van der Waals surface area contributed by atoms with Gasteiger partial charge in [-0.3, -0.25) is 9.10 Å². The topological polar surface area (TPSA) is 84.9 Å². The number of aryl methyl sites for hydroxylation is 1. The predicted octanol–water partition coefficient (Wildman–Crippen LogP) is 4.43. The van der Waals surface area contributed by atoms with E-state index in [4.69, 9.17) is 9.47 Å². The summed E-state index contributed by atoms with van der Waals surface area (Å²) in [5.74, 6) is 1.01. The smallest absolute Gasteiger partial charge is 0.264 e. The minimum Gasteiger partial charge on any atom is -0.497 e. The lowest BCUT2D eigenvalue weighted by Crippen LogP contribution is -2.41. The van der Waals surface area contributed by atoms with Gasteiger partial charge in [0.25, 0.3) is 10.0 Å². The summed E-state index contributed by atoms with van der Waals surface area (Å²) in [6.07, 6.45) is 1.64. The molecule has 0 atom stereocenters. The van der Waals surface area contributed by atoms with Gasteiger partial charge in [0.1, 0.15) is 18.0 Å². The monoisotopic (exact) mass is 496 g/mol. The Labute approximate surface area is 207 Å². The Kier molecular flexibility index (Phi) is 9.14. The molecule has 0 heterocycles. The molecule has 1 amide bonds. The third-order valence-electron chi connectivity index (χ3n) is 5.24. The van der Waals surface area contributed by atoms with Gasteiger partial charge in [0.15, 0.2) is 0 Å². The van der Waals surface area contributed by atoms with E-state index < -0.39 is 10.0 Å². The van der Waals surface area contributed by atoms with Crippen LogP contribution >= 0.6 is 0 Å². The van der Waals surface area contributed by atoms with Crippen LogP contribution in [0.3, 0.4) is 0 Å². The Morgan fingerprint density at radius 3 is 2.14 bits per heavy atom. The Hall–Kier alpha value is -3.52. The fourth-order valence-electron chi connectivity index (χ4n) is 3.50. The molecule has 1 N–H and O–H groups in total. The molecule has 0 aromatic heterocycles. The molecule has 0 bridgehead atoms. The van der Waals surface area contributed by atoms with Crippen LogP contribution in [0, 0.1) is 0 Å². The van der Waals surface area contributed by atoms with Crippen LogP contribution in [0.25, 0.3) is 0 Å². The maximum absolute atomic E-state index is 13.4. The Morgan fingerprint density at radius 2 is 1.54 bits per heavy atom. The summed E-state index contributed by atoms with van der Waals surface area (Å²) >= 11 is 0. The van der Waals surface area contributed by atoms with Gasteiger partial charge in [-0.25, -0.2) is 8.42 Å². The first-order chi connectivity index (χ1) is 16.8. The highest BCUT2D eigenvalue weighted by atomic mass is 32.2. The summed E-state index contributed by atoms with van der Waals surface area (Å²) in [7, 11) is -2.44. The van der Waals surface area contributed by atoms with Gasteiger partial charge >= 0.3 is 0 Å². The molecule has 0 aliphatic heterocycles. The molecule has 0 unspecified atom stereocenters. The lowest BCUT2D eigenvalue weighted by Gasteiger charge is -2.24. The number of methoxy groups -OCH3 is 1. The van der Waals surface area contributed by atoms with Crippen molar-refractivity contribution >= 4 is 21.6 Å². The van der Waals surface area contributed by atoms with Crippen LogP contribution in [0.15, 0.2) is 83.8 Å². The summed E-state index contributed by atoms with van der Waals surface area (Å²) in [5, 5.41) is 2.84. The van der Waals surface area contributed by atoms with Gasteiger partial charge in [0.2, 0.25) is 5.91 Å². The van der Waals surface area contributed by atoms with E-state index in [9.17, 15) is 13.2 Å². The number of hydrogen-bond acceptors (Lipinski definition) is 5. The molecule has 0 saturated carbocycles. The van der Waals surface area contributed by atoms with Crippen molar-refractivity contribution in [3.63, 3.8) is 0 Å². The van der Waals surface area contributed by atoms with Crippen molar-refractivity contribution in [2.45, 2.75) is 37.7 Å². The molecule has 0 aliphatic rings. The van der Waals surface area contributed by atoms with Crippen LogP contribution in [-0.2, 0) is 21.2 Å². The zero-order chi connectivity index (χ0) is 25.3. The quantitative estimate of drug-likeness (QED) is 0.375. The van der Waals surface area contributed by atoms with Crippen LogP contribution in [-0.4, -0.2) is 40.6 Å². The fraction of sp³-hybridized carbons (Fsp3) is 0.296. The second-order valence-electron chi connectivity index (χ2n) is 8.29. The molecule has 3 aromatic carbocycles. The van der Waals surface area contributed by atoms with Crippen LogP contribution in [0.4, 0.5) is 5.69 Å². The number of carbonyl (C=O) groups excluding carboxylic acids is 1. The lowest BCUT2D eigenvalue weighted by atomic mass is 10.1. The molecule has 0 radical (unpaired) electrons. The number of para-hydroxylation sites is 1. The molecule has 35 heavy (non-hydrogen) atoms. The molecule has 7 nitrogen and oxygen atoms in total. The van der Waals surface area contributed by atoms with E-state index in [0.717, 1.165) is 28.5 Å². The third kappa shape index (κ3) is 7.48. The summed E-state index contributed by atoms with van der Waals surface area (Å²) in [4.78, 5) is 12.8. The summed E-state index contributed by atoms with van der Waals surface area (Å²) in [6, 6.07) is 22.6. The zero-order valence-electron chi connectivity index (χ0n) is 20.3. The molecule has 3 aromatic rings. The second kappa shape index (κ2) is 12.3. The van der Waals surface area contributed by atoms with Gasteiger partial charge in [0, 0.05) is 6.54 Å². The van der Waals surface area contributed by atoms with Crippen LogP contribution in [0.5, 0.6) is 11.5 Å². The van der Waals surface area contributed by atoms with Crippen LogP contribution in [0.2, 0.25) is 0 Å². The van der Waals surface area contributed by atoms with Crippen molar-refractivity contribution in [1.29, 1.82) is 0 Å². The first-order valence-corrected chi connectivity index (χ1v) is 13.0. The SMILES string of the molecule is COc1ccc(S(=O)(=O)N(CC(=O)NCCCc2ccc(OC(C)C)cc2)c2ccccc2)cc1. The number of benzene rings is 3. The average Bonchev–Trinajstić information content (AvgIpc) is 2.86. The maximum atomic E-state index is 13.4. The van der Waals surface area contributed by atoms with Gasteiger partial charge in [-0.2, -0.15) is 0 Å². The number of amides is 1. The van der Waals surface area contributed by atoms with Crippen molar-refractivity contribution < 1.29 is 22.7 Å². The highest BCUT2D eigenvalue weighted by Gasteiger charge is 2.27. The number of anilines is 1. The Bertz CT molecular complexity index is 1180. The Balaban J connectivity index is 1.61. The normalized spacial score (nSPS) is 11.2. The number of nitrogens with one attached hydrogen (secondary N) is 1. The minimum absolute atomic E-state index is 0.0832. The van der Waals surface area contributed by atoms with Gasteiger partial charge < -0.3 is 14.8 Å². The van der Waals surface area contributed by atoms with Crippen molar-refractivity contribution in [2.75, 3.05) is 24.5 Å². The number of nitrogens with zero attached hydrogens (tertiary/aromatic N) is 1. The van der Waals surface area contributed by atoms with Crippen LogP contribution < -0.4 is 19.1 Å². The van der Waals surface area contributed by atoms with E-state index in [0.29, 0.717) is 18.0 Å². The molecular formula is C27H32N2O5S. The first kappa shape index (κ1) is 26.1. The summed E-state index contributed by atoms with van der Waals surface area (Å²) in [5.41, 5.74) is 1.56. The van der Waals surface area contributed by atoms with Gasteiger partial charge in [-0.05, 0) is 80.8 Å². The zero-order valence-corrected chi connectivity index (χ0v) is 21.1. The predicted molar refractivity (Wildman–Crippen MR) is 138 cm³/mol. The maximum Gasteiger partial charge on any atom is 0.264 e. The highest BCUT2D eigenvalue weighted by molar-refractivity contribution is 7.92. The van der Waals surface area contributed by atoms with Crippen LogP contribution in [0.1, 0.15) is 25.8 Å². The third-order valence-corrected chi connectivity index (χ3v) is 7.03. The molecule has 0 saturated heterocycles. The van der Waals surface area contributed by atoms with Crippen molar-refractivity contribution in [1.82, 2.24) is 5.32 Å². The first-order valence-electron chi connectivity index (χ1n) is 11.5. The van der Waals surface area contributed by atoms with Gasteiger partial charge in [0.05, 0.1) is 23.8 Å². The highest BCUT2D eigenvalue weighted by Crippen LogP contribution is 2.25. The van der Waals surface area contributed by atoms with Gasteiger partial charge in [-0.1, -0.05) is 30.3 Å². The molecule has 186 valence electrons. The molecule has 0 aliphatic carbocycles. The second-order valence-corrected chi connectivity index (χ2v) is 10.1. The van der Waals surface area contributed by atoms with E-state index in [1.165, 1.54) is 19.2 Å². The minimum atomic E-state index is -3.96. The number of sulfonamides is 1. The van der Waals surface area contributed by atoms with Crippen molar-refractivity contribution in [2.24, 2.45) is 0 Å². The number of hydrogen-bond donors (Lipinski definition) is 1. The molecule has 0 fully saturated rings. The van der Waals surface area contributed by atoms with E-state index in [1.807, 2.05) is 38.1 Å². The lowest BCUT2D eigenvalue weighted by molar-refractivity contribution is -0.119. The number of rotatable bonds is 12. The number of ether oxygens (including phenoxy) is 2. The summed E-state index contributed by atoms with van der Waals surface area (Å²) in [6.45, 7) is 4.09.